The van der Waals surface area contributed by atoms with Crippen LogP contribution in [0.5, 0.6) is 0 Å². The molecule has 0 spiro atoms. The number of benzene rings is 1. The molecular weight excluding hydrogens is 222 g/mol. The quantitative estimate of drug-likeness (QED) is 0.857. The average molecular weight is 247 g/mol. The van der Waals surface area contributed by atoms with Gasteiger partial charge in [-0.15, -0.1) is 0 Å². The van der Waals surface area contributed by atoms with Crippen LogP contribution in [0.2, 0.25) is 0 Å². The SMILES string of the molecule is CCC(CO)NC1c2ccccc2CCC1(C)C. The van der Waals surface area contributed by atoms with Crippen LogP contribution in [-0.2, 0) is 6.42 Å². The van der Waals surface area contributed by atoms with Crippen LogP contribution in [0.25, 0.3) is 0 Å². The van der Waals surface area contributed by atoms with E-state index in [2.05, 4.69) is 50.4 Å². The van der Waals surface area contributed by atoms with Crippen molar-refractivity contribution in [3.8, 4) is 0 Å². The second-order valence-corrected chi connectivity index (χ2v) is 6.07. The van der Waals surface area contributed by atoms with Crippen molar-refractivity contribution in [1.29, 1.82) is 0 Å². The molecule has 2 nitrogen and oxygen atoms in total. The highest BCUT2D eigenvalue weighted by Crippen LogP contribution is 2.43. The first-order valence-corrected chi connectivity index (χ1v) is 7.03. The van der Waals surface area contributed by atoms with Gasteiger partial charge >= 0.3 is 0 Å². The van der Waals surface area contributed by atoms with Crippen molar-refractivity contribution < 1.29 is 5.11 Å². The zero-order valence-electron chi connectivity index (χ0n) is 11.7. The van der Waals surface area contributed by atoms with Gasteiger partial charge in [-0.25, -0.2) is 0 Å². The van der Waals surface area contributed by atoms with Gasteiger partial charge in [-0.2, -0.15) is 0 Å². The summed E-state index contributed by atoms with van der Waals surface area (Å²) in [5.41, 5.74) is 3.12. The lowest BCUT2D eigenvalue weighted by Gasteiger charge is -2.42. The minimum Gasteiger partial charge on any atom is -0.395 e. The van der Waals surface area contributed by atoms with E-state index in [9.17, 15) is 5.11 Å². The second kappa shape index (κ2) is 5.41. The van der Waals surface area contributed by atoms with Crippen LogP contribution in [0.3, 0.4) is 0 Å². The Morgan fingerprint density at radius 1 is 1.39 bits per heavy atom. The molecule has 2 atom stereocenters. The molecule has 2 N–H and O–H groups in total. The monoisotopic (exact) mass is 247 g/mol. The fraction of sp³-hybridized carbons (Fsp3) is 0.625. The Balaban J connectivity index is 2.29. The number of nitrogens with one attached hydrogen (secondary N) is 1. The van der Waals surface area contributed by atoms with Gasteiger partial charge in [-0.05, 0) is 35.8 Å². The number of hydrogen-bond donors (Lipinski definition) is 2. The second-order valence-electron chi connectivity index (χ2n) is 6.07. The lowest BCUT2D eigenvalue weighted by molar-refractivity contribution is 0.159. The predicted octanol–water partition coefficient (Wildman–Crippen LogP) is 3.06. The minimum atomic E-state index is 0.195. The summed E-state index contributed by atoms with van der Waals surface area (Å²) in [5.74, 6) is 0. The maximum atomic E-state index is 9.41. The van der Waals surface area contributed by atoms with Crippen LogP contribution in [0.15, 0.2) is 24.3 Å². The Kier molecular flexibility index (Phi) is 4.08. The number of rotatable bonds is 4. The Bertz CT molecular complexity index is 396. The average Bonchev–Trinajstić information content (AvgIpc) is 2.38. The highest BCUT2D eigenvalue weighted by Gasteiger charge is 2.36. The Morgan fingerprint density at radius 3 is 2.78 bits per heavy atom. The topological polar surface area (TPSA) is 32.3 Å². The van der Waals surface area contributed by atoms with Gasteiger partial charge in [0.15, 0.2) is 0 Å². The molecule has 1 aromatic carbocycles. The molecule has 0 aliphatic heterocycles. The third kappa shape index (κ3) is 2.60. The van der Waals surface area contributed by atoms with Crippen LogP contribution < -0.4 is 5.32 Å². The largest absolute Gasteiger partial charge is 0.395 e. The van der Waals surface area contributed by atoms with Gasteiger partial charge in [-0.1, -0.05) is 45.0 Å². The minimum absolute atomic E-state index is 0.195. The van der Waals surface area contributed by atoms with Crippen LogP contribution in [0.1, 0.15) is 50.8 Å². The van der Waals surface area contributed by atoms with Gasteiger partial charge in [0, 0.05) is 12.1 Å². The number of aliphatic hydroxyl groups excluding tert-OH is 1. The first-order chi connectivity index (χ1) is 8.58. The van der Waals surface area contributed by atoms with E-state index in [0.29, 0.717) is 6.04 Å². The zero-order valence-corrected chi connectivity index (χ0v) is 11.7. The first kappa shape index (κ1) is 13.6. The molecule has 100 valence electrons. The van der Waals surface area contributed by atoms with Crippen LogP contribution in [0, 0.1) is 5.41 Å². The van der Waals surface area contributed by atoms with Crippen LogP contribution in [-0.4, -0.2) is 17.8 Å². The first-order valence-electron chi connectivity index (χ1n) is 7.03. The maximum absolute atomic E-state index is 9.41. The number of aryl methyl sites for hydroxylation is 1. The molecule has 0 fully saturated rings. The molecule has 0 amide bonds. The molecule has 0 saturated heterocycles. The van der Waals surface area contributed by atoms with Gasteiger partial charge in [-0.3, -0.25) is 0 Å². The van der Waals surface area contributed by atoms with Crippen molar-refractivity contribution in [3.63, 3.8) is 0 Å². The lowest BCUT2D eigenvalue weighted by atomic mass is 9.70. The molecule has 0 bridgehead atoms. The summed E-state index contributed by atoms with van der Waals surface area (Å²) in [7, 11) is 0. The lowest BCUT2D eigenvalue weighted by Crippen LogP contribution is -2.44. The van der Waals surface area contributed by atoms with E-state index in [1.54, 1.807) is 0 Å². The van der Waals surface area contributed by atoms with E-state index in [1.165, 1.54) is 17.5 Å². The highest BCUT2D eigenvalue weighted by atomic mass is 16.3. The molecule has 18 heavy (non-hydrogen) atoms. The molecule has 2 rings (SSSR count). The maximum Gasteiger partial charge on any atom is 0.0584 e. The van der Waals surface area contributed by atoms with Crippen molar-refractivity contribution in [3.05, 3.63) is 35.4 Å². The van der Waals surface area contributed by atoms with Gasteiger partial charge in [0.2, 0.25) is 0 Å². The van der Waals surface area contributed by atoms with E-state index in [4.69, 9.17) is 0 Å². The Morgan fingerprint density at radius 2 is 2.11 bits per heavy atom. The van der Waals surface area contributed by atoms with Gasteiger partial charge in [0.1, 0.15) is 0 Å². The summed E-state index contributed by atoms with van der Waals surface area (Å²) in [6.07, 6.45) is 3.33. The van der Waals surface area contributed by atoms with Crippen molar-refractivity contribution in [1.82, 2.24) is 5.32 Å². The summed E-state index contributed by atoms with van der Waals surface area (Å²) < 4.78 is 0. The van der Waals surface area contributed by atoms with Crippen molar-refractivity contribution in [2.75, 3.05) is 6.61 Å². The van der Waals surface area contributed by atoms with E-state index in [1.807, 2.05) is 0 Å². The molecule has 0 radical (unpaired) electrons. The summed E-state index contributed by atoms with van der Waals surface area (Å²) in [5, 5.41) is 13.1. The molecular formula is C16H25NO. The molecule has 1 aliphatic carbocycles. The normalized spacial score (nSPS) is 23.4. The van der Waals surface area contributed by atoms with Crippen LogP contribution in [0.4, 0.5) is 0 Å². The summed E-state index contributed by atoms with van der Waals surface area (Å²) in [6.45, 7) is 6.98. The van der Waals surface area contributed by atoms with E-state index in [0.717, 1.165) is 12.8 Å². The molecule has 1 aromatic rings. The Hall–Kier alpha value is -0.860. The standard InChI is InChI=1S/C16H25NO/c1-4-13(11-18)17-15-14-8-6-5-7-12(14)9-10-16(15,2)3/h5-8,13,15,17-18H,4,9-11H2,1-3H3. The smallest absolute Gasteiger partial charge is 0.0584 e. The van der Waals surface area contributed by atoms with Crippen molar-refractivity contribution in [2.24, 2.45) is 5.41 Å². The van der Waals surface area contributed by atoms with E-state index >= 15 is 0 Å². The third-order valence-corrected chi connectivity index (χ3v) is 4.30. The van der Waals surface area contributed by atoms with Crippen molar-refractivity contribution in [2.45, 2.75) is 52.1 Å². The molecule has 0 aromatic heterocycles. The van der Waals surface area contributed by atoms with E-state index in [-0.39, 0.29) is 18.1 Å². The summed E-state index contributed by atoms with van der Waals surface area (Å²) in [6, 6.07) is 9.25. The number of hydrogen-bond acceptors (Lipinski definition) is 2. The van der Waals surface area contributed by atoms with Crippen molar-refractivity contribution >= 4 is 0 Å². The number of aliphatic hydroxyl groups is 1. The van der Waals surface area contributed by atoms with Gasteiger partial charge in [0.25, 0.3) is 0 Å². The molecule has 0 saturated carbocycles. The fourth-order valence-corrected chi connectivity index (χ4v) is 2.92. The predicted molar refractivity (Wildman–Crippen MR) is 75.6 cm³/mol. The number of fused-ring (bicyclic) bond motifs is 1. The summed E-state index contributed by atoms with van der Waals surface area (Å²) >= 11 is 0. The fourth-order valence-electron chi connectivity index (χ4n) is 2.92. The van der Waals surface area contributed by atoms with Gasteiger partial charge < -0.3 is 10.4 Å². The highest BCUT2D eigenvalue weighted by molar-refractivity contribution is 5.34. The zero-order chi connectivity index (χ0) is 13.2. The molecule has 2 heteroatoms. The van der Waals surface area contributed by atoms with Gasteiger partial charge in [0.05, 0.1) is 6.61 Å². The molecule has 0 heterocycles. The third-order valence-electron chi connectivity index (χ3n) is 4.30. The Labute approximate surface area is 110 Å². The molecule has 1 aliphatic rings. The summed E-state index contributed by atoms with van der Waals surface area (Å²) in [4.78, 5) is 0. The van der Waals surface area contributed by atoms with Crippen LogP contribution >= 0.6 is 0 Å². The van der Waals surface area contributed by atoms with E-state index < -0.39 is 0 Å². The molecule has 2 unspecified atom stereocenters.